The second kappa shape index (κ2) is 7.70. The molecule has 0 aliphatic carbocycles. The molecule has 106 valence electrons. The van der Waals surface area contributed by atoms with Crippen LogP contribution >= 0.6 is 0 Å². The fourth-order valence-corrected chi connectivity index (χ4v) is 1.52. The number of nitrogens with one attached hydrogen (secondary N) is 1. The van der Waals surface area contributed by atoms with Crippen molar-refractivity contribution in [1.82, 2.24) is 5.32 Å². The molecule has 0 spiro atoms. The summed E-state index contributed by atoms with van der Waals surface area (Å²) >= 11 is 0. The number of nitro groups is 1. The second-order valence-electron chi connectivity index (χ2n) is 4.51. The van der Waals surface area contributed by atoms with Crippen LogP contribution in [0.1, 0.15) is 25.8 Å². The molecule has 0 heterocycles. The summed E-state index contributed by atoms with van der Waals surface area (Å²) in [5, 5.41) is 22.7. The van der Waals surface area contributed by atoms with Crippen molar-refractivity contribution in [2.24, 2.45) is 0 Å². The number of nitro benzene ring substituents is 1. The van der Waals surface area contributed by atoms with Crippen molar-refractivity contribution < 1.29 is 14.8 Å². The van der Waals surface area contributed by atoms with Gasteiger partial charge in [-0.1, -0.05) is 13.8 Å². The van der Waals surface area contributed by atoms with E-state index in [0.717, 1.165) is 5.56 Å². The molecule has 0 fully saturated rings. The van der Waals surface area contributed by atoms with E-state index >= 15 is 0 Å². The summed E-state index contributed by atoms with van der Waals surface area (Å²) in [5.74, 6) is 0.618. The molecular formula is C13H20N2O4. The van der Waals surface area contributed by atoms with Crippen LogP contribution in [0.25, 0.3) is 0 Å². The van der Waals surface area contributed by atoms with Crippen molar-refractivity contribution >= 4 is 5.69 Å². The molecule has 0 aliphatic heterocycles. The summed E-state index contributed by atoms with van der Waals surface area (Å²) in [7, 11) is 0. The predicted octanol–water partition coefficient (Wildman–Crippen LogP) is 1.85. The first-order valence-corrected chi connectivity index (χ1v) is 6.29. The lowest BCUT2D eigenvalue weighted by Gasteiger charge is -2.13. The van der Waals surface area contributed by atoms with Crippen LogP contribution in [0.5, 0.6) is 5.75 Å². The van der Waals surface area contributed by atoms with Gasteiger partial charge in [0.15, 0.2) is 0 Å². The lowest BCUT2D eigenvalue weighted by Crippen LogP contribution is -2.22. The number of rotatable bonds is 8. The highest BCUT2D eigenvalue weighted by Crippen LogP contribution is 2.24. The van der Waals surface area contributed by atoms with Crippen molar-refractivity contribution in [1.29, 1.82) is 0 Å². The molecule has 0 bridgehead atoms. The molecule has 2 N–H and O–H groups in total. The van der Waals surface area contributed by atoms with Crippen molar-refractivity contribution in [2.75, 3.05) is 13.2 Å². The van der Waals surface area contributed by atoms with Crippen LogP contribution in [-0.2, 0) is 6.54 Å². The Hall–Kier alpha value is -1.66. The number of benzene rings is 1. The fraction of sp³-hybridized carbons (Fsp3) is 0.538. The maximum atomic E-state index is 10.8. The van der Waals surface area contributed by atoms with Gasteiger partial charge in [0.1, 0.15) is 5.75 Å². The number of nitrogens with zero attached hydrogens (tertiary/aromatic N) is 1. The Labute approximate surface area is 112 Å². The Balaban J connectivity index is 2.84. The van der Waals surface area contributed by atoms with E-state index in [1.807, 2.05) is 13.8 Å². The molecule has 0 saturated heterocycles. The highest BCUT2D eigenvalue weighted by Gasteiger charge is 2.12. The average Bonchev–Trinajstić information content (AvgIpc) is 2.37. The van der Waals surface area contributed by atoms with E-state index in [2.05, 4.69) is 5.32 Å². The Morgan fingerprint density at radius 3 is 2.79 bits per heavy atom. The van der Waals surface area contributed by atoms with Gasteiger partial charge in [-0.2, -0.15) is 0 Å². The summed E-state index contributed by atoms with van der Waals surface area (Å²) < 4.78 is 5.52. The zero-order chi connectivity index (χ0) is 14.3. The third-order valence-electron chi connectivity index (χ3n) is 2.52. The molecule has 6 nitrogen and oxygen atoms in total. The minimum absolute atomic E-state index is 0.0510. The third kappa shape index (κ3) is 5.23. The SMILES string of the molecule is CC(C)NCc1cc([N+](=O)[O-])ccc1OCCCO. The molecule has 1 rings (SSSR count). The van der Waals surface area contributed by atoms with E-state index in [1.54, 1.807) is 6.07 Å². The average molecular weight is 268 g/mol. The number of hydrogen-bond acceptors (Lipinski definition) is 5. The van der Waals surface area contributed by atoms with Crippen molar-refractivity contribution in [3.63, 3.8) is 0 Å². The first kappa shape index (κ1) is 15.4. The van der Waals surface area contributed by atoms with Crippen LogP contribution in [-0.4, -0.2) is 29.3 Å². The van der Waals surface area contributed by atoms with Crippen molar-refractivity contribution in [3.8, 4) is 5.75 Å². The molecular weight excluding hydrogens is 248 g/mol. The highest BCUT2D eigenvalue weighted by atomic mass is 16.6. The minimum atomic E-state index is -0.420. The molecule has 1 aromatic carbocycles. The fourth-order valence-electron chi connectivity index (χ4n) is 1.52. The summed E-state index contributed by atoms with van der Waals surface area (Å²) in [6, 6.07) is 4.83. The molecule has 6 heteroatoms. The summed E-state index contributed by atoms with van der Waals surface area (Å²) in [6.45, 7) is 4.97. The van der Waals surface area contributed by atoms with Gasteiger partial charge in [0.2, 0.25) is 0 Å². The van der Waals surface area contributed by atoms with Gasteiger partial charge in [-0.05, 0) is 6.07 Å². The van der Waals surface area contributed by atoms with Crippen LogP contribution in [0, 0.1) is 10.1 Å². The van der Waals surface area contributed by atoms with Gasteiger partial charge in [-0.25, -0.2) is 0 Å². The van der Waals surface area contributed by atoms with Crippen LogP contribution < -0.4 is 10.1 Å². The van der Waals surface area contributed by atoms with Crippen LogP contribution in [0.15, 0.2) is 18.2 Å². The normalized spacial score (nSPS) is 10.7. The Bertz CT molecular complexity index is 421. The quantitative estimate of drug-likeness (QED) is 0.427. The van der Waals surface area contributed by atoms with E-state index < -0.39 is 4.92 Å². The van der Waals surface area contributed by atoms with Gasteiger partial charge < -0.3 is 15.2 Å². The predicted molar refractivity (Wildman–Crippen MR) is 72.3 cm³/mol. The number of aliphatic hydroxyl groups is 1. The third-order valence-corrected chi connectivity index (χ3v) is 2.52. The first-order valence-electron chi connectivity index (χ1n) is 6.29. The topological polar surface area (TPSA) is 84.6 Å². The number of aliphatic hydroxyl groups excluding tert-OH is 1. The van der Waals surface area contributed by atoms with E-state index in [1.165, 1.54) is 12.1 Å². The second-order valence-corrected chi connectivity index (χ2v) is 4.51. The van der Waals surface area contributed by atoms with Gasteiger partial charge in [-0.3, -0.25) is 10.1 Å². The van der Waals surface area contributed by atoms with Crippen LogP contribution in [0.2, 0.25) is 0 Å². The number of hydrogen-bond donors (Lipinski definition) is 2. The molecule has 0 amide bonds. The molecule has 0 saturated carbocycles. The molecule has 0 aliphatic rings. The highest BCUT2D eigenvalue weighted by molar-refractivity contribution is 5.43. The van der Waals surface area contributed by atoms with E-state index in [4.69, 9.17) is 9.84 Å². The Kier molecular flexibility index (Phi) is 6.24. The van der Waals surface area contributed by atoms with E-state index in [-0.39, 0.29) is 18.3 Å². The summed E-state index contributed by atoms with van der Waals surface area (Å²) in [4.78, 5) is 10.4. The maximum absolute atomic E-state index is 10.8. The largest absolute Gasteiger partial charge is 0.493 e. The van der Waals surface area contributed by atoms with Crippen LogP contribution in [0.4, 0.5) is 5.69 Å². The zero-order valence-electron chi connectivity index (χ0n) is 11.3. The Morgan fingerprint density at radius 1 is 1.47 bits per heavy atom. The van der Waals surface area contributed by atoms with Crippen LogP contribution in [0.3, 0.4) is 0 Å². The van der Waals surface area contributed by atoms with E-state index in [0.29, 0.717) is 25.3 Å². The van der Waals surface area contributed by atoms with Gasteiger partial charge in [-0.15, -0.1) is 0 Å². The molecule has 0 radical (unpaired) electrons. The molecule has 1 aromatic rings. The molecule has 0 atom stereocenters. The Morgan fingerprint density at radius 2 is 2.21 bits per heavy atom. The standard InChI is InChI=1S/C13H20N2O4/c1-10(2)14-9-11-8-12(15(17)18)4-5-13(11)19-7-3-6-16/h4-5,8,10,14,16H,3,6-7,9H2,1-2H3. The van der Waals surface area contributed by atoms with Gasteiger partial charge in [0.25, 0.3) is 5.69 Å². The summed E-state index contributed by atoms with van der Waals surface area (Å²) in [5.41, 5.74) is 0.802. The lowest BCUT2D eigenvalue weighted by atomic mass is 10.1. The zero-order valence-corrected chi connectivity index (χ0v) is 11.3. The maximum Gasteiger partial charge on any atom is 0.270 e. The van der Waals surface area contributed by atoms with Crippen molar-refractivity contribution in [3.05, 3.63) is 33.9 Å². The molecule has 0 aromatic heterocycles. The number of non-ortho nitro benzene ring substituents is 1. The smallest absolute Gasteiger partial charge is 0.270 e. The lowest BCUT2D eigenvalue weighted by molar-refractivity contribution is -0.384. The van der Waals surface area contributed by atoms with E-state index in [9.17, 15) is 10.1 Å². The first-order chi connectivity index (χ1) is 9.04. The van der Waals surface area contributed by atoms with Gasteiger partial charge >= 0.3 is 0 Å². The van der Waals surface area contributed by atoms with Crippen molar-refractivity contribution in [2.45, 2.75) is 32.9 Å². The molecule has 0 unspecified atom stereocenters. The number of ether oxygens (including phenoxy) is 1. The van der Waals surface area contributed by atoms with Gasteiger partial charge in [0.05, 0.1) is 11.5 Å². The van der Waals surface area contributed by atoms with Gasteiger partial charge in [0, 0.05) is 43.3 Å². The molecule has 19 heavy (non-hydrogen) atoms. The summed E-state index contributed by atoms with van der Waals surface area (Å²) in [6.07, 6.45) is 0.536. The minimum Gasteiger partial charge on any atom is -0.493 e. The monoisotopic (exact) mass is 268 g/mol.